The van der Waals surface area contributed by atoms with Crippen LogP contribution >= 0.6 is 47.8 Å². The average molecular weight is 496 g/mol. The van der Waals surface area contributed by atoms with E-state index in [4.69, 9.17) is 5.11 Å². The van der Waals surface area contributed by atoms with Gasteiger partial charge in [0.2, 0.25) is 11.3 Å². The van der Waals surface area contributed by atoms with Crippen LogP contribution in [0.15, 0.2) is 29.2 Å². The van der Waals surface area contributed by atoms with E-state index >= 15 is 0 Å². The third kappa shape index (κ3) is 4.50. The van der Waals surface area contributed by atoms with Gasteiger partial charge in [-0.3, -0.25) is 4.79 Å². The monoisotopic (exact) mass is 493 g/mol. The smallest absolute Gasteiger partial charge is 0.253 e. The highest BCUT2D eigenvalue weighted by Crippen LogP contribution is 2.43. The molecule has 6 nitrogen and oxygen atoms in total. The molecule has 1 rings (SSSR count). The Bertz CT molecular complexity index is 585. The summed E-state index contributed by atoms with van der Waals surface area (Å²) in [5.41, 5.74) is 0.157. The first-order valence-electron chi connectivity index (χ1n) is 5.08. The predicted octanol–water partition coefficient (Wildman–Crippen LogP) is 1.91. The Hall–Kier alpha value is 0.000000000000000111. The quantitative estimate of drug-likeness (QED) is 0.370. The summed E-state index contributed by atoms with van der Waals surface area (Å²) in [5.74, 6) is -0.514. The molecular weight excluding hydrogens is 486 g/mol. The van der Waals surface area contributed by atoms with E-state index in [0.29, 0.717) is 0 Å². The van der Waals surface area contributed by atoms with Gasteiger partial charge in [-0.15, -0.1) is 0 Å². The molecule has 0 saturated carbocycles. The van der Waals surface area contributed by atoms with Crippen molar-refractivity contribution in [1.29, 1.82) is 0 Å². The van der Waals surface area contributed by atoms with Crippen LogP contribution in [-0.2, 0) is 14.6 Å². The van der Waals surface area contributed by atoms with Gasteiger partial charge in [0.25, 0.3) is 5.91 Å². The maximum atomic E-state index is 12.2. The topological polar surface area (TPSA) is 92.7 Å². The van der Waals surface area contributed by atoms with Gasteiger partial charge in [-0.25, -0.2) is 8.42 Å². The Labute approximate surface area is 141 Å². The lowest BCUT2D eigenvalue weighted by Gasteiger charge is -2.14. The van der Waals surface area contributed by atoms with Crippen LogP contribution in [0.4, 0.5) is 0 Å². The lowest BCUT2D eigenvalue weighted by molar-refractivity contribution is -0.00824. The minimum atomic E-state index is -3.76. The molecular formula is C10H10Br3NO5S. The number of ether oxygens (including phenoxy) is 1. The van der Waals surface area contributed by atoms with Crippen LogP contribution in [0.1, 0.15) is 10.4 Å². The number of carbonyl (C=O) groups excluding carboxylic acids is 1. The number of carbonyl (C=O) groups is 1. The van der Waals surface area contributed by atoms with Crippen LogP contribution in [0.5, 0.6) is 0 Å². The van der Waals surface area contributed by atoms with Crippen molar-refractivity contribution >= 4 is 63.5 Å². The molecule has 0 aliphatic carbocycles. The number of hydrogen-bond donors (Lipinski definition) is 2. The lowest BCUT2D eigenvalue weighted by Crippen LogP contribution is -2.26. The van der Waals surface area contributed by atoms with Gasteiger partial charge in [-0.05, 0) is 66.0 Å². The van der Waals surface area contributed by atoms with E-state index in [1.54, 1.807) is 0 Å². The van der Waals surface area contributed by atoms with Crippen molar-refractivity contribution in [1.82, 2.24) is 5.32 Å². The highest BCUT2D eigenvalue weighted by Gasteiger charge is 2.37. The third-order valence-electron chi connectivity index (χ3n) is 2.14. The number of rotatable bonds is 5. The van der Waals surface area contributed by atoms with E-state index in [2.05, 4.69) is 57.8 Å². The van der Waals surface area contributed by atoms with E-state index < -0.39 is 24.0 Å². The summed E-state index contributed by atoms with van der Waals surface area (Å²) in [4.78, 5) is 11.7. The first-order valence-corrected chi connectivity index (χ1v) is 8.94. The summed E-state index contributed by atoms with van der Waals surface area (Å²) in [6.07, 6.45) is 0. The van der Waals surface area contributed by atoms with Gasteiger partial charge in [0.05, 0.1) is 4.90 Å². The van der Waals surface area contributed by atoms with Gasteiger partial charge in [0.1, 0.15) is 13.5 Å². The minimum Gasteiger partial charge on any atom is -0.371 e. The fourth-order valence-corrected chi connectivity index (χ4v) is 3.69. The molecule has 0 heterocycles. The second-order valence-electron chi connectivity index (χ2n) is 3.46. The van der Waals surface area contributed by atoms with Crippen molar-refractivity contribution in [3.05, 3.63) is 29.8 Å². The number of aliphatic hydroxyl groups is 1. The zero-order valence-electron chi connectivity index (χ0n) is 9.85. The van der Waals surface area contributed by atoms with Gasteiger partial charge < -0.3 is 15.2 Å². The minimum absolute atomic E-state index is 0.0427. The van der Waals surface area contributed by atoms with E-state index in [-0.39, 0.29) is 17.2 Å². The van der Waals surface area contributed by atoms with Crippen molar-refractivity contribution < 1.29 is 23.1 Å². The zero-order valence-corrected chi connectivity index (χ0v) is 15.4. The van der Waals surface area contributed by atoms with Crippen molar-refractivity contribution in [2.75, 3.05) is 13.5 Å². The molecule has 0 aliphatic heterocycles. The highest BCUT2D eigenvalue weighted by atomic mass is 80.0. The first kappa shape index (κ1) is 18.1. The Morgan fingerprint density at radius 3 is 2.55 bits per heavy atom. The Balaban J connectivity index is 3.00. The summed E-state index contributed by atoms with van der Waals surface area (Å²) in [6, 6.07) is 5.52. The summed E-state index contributed by atoms with van der Waals surface area (Å²) in [5, 5.41) is 10.8. The van der Waals surface area contributed by atoms with E-state index in [1.807, 2.05) is 0 Å². The van der Waals surface area contributed by atoms with Crippen LogP contribution in [0.3, 0.4) is 0 Å². The molecule has 20 heavy (non-hydrogen) atoms. The molecule has 112 valence electrons. The maximum absolute atomic E-state index is 12.2. The second-order valence-corrected chi connectivity index (χ2v) is 13.9. The van der Waals surface area contributed by atoms with Gasteiger partial charge in [-0.1, -0.05) is 6.07 Å². The zero-order chi connectivity index (χ0) is 15.4. The molecule has 0 spiro atoms. The van der Waals surface area contributed by atoms with Gasteiger partial charge in [0.15, 0.2) is 0 Å². The fraction of sp³-hybridized carbons (Fsp3) is 0.300. The highest BCUT2D eigenvalue weighted by molar-refractivity contribution is 9.42. The summed E-state index contributed by atoms with van der Waals surface area (Å²) in [7, 11) is -3.76. The molecule has 1 aromatic carbocycles. The maximum Gasteiger partial charge on any atom is 0.253 e. The van der Waals surface area contributed by atoms with E-state index in [9.17, 15) is 13.2 Å². The number of amides is 1. The van der Waals surface area contributed by atoms with E-state index in [1.165, 1.54) is 24.3 Å². The summed E-state index contributed by atoms with van der Waals surface area (Å²) >= 11 is 8.84. The fourth-order valence-electron chi connectivity index (χ4n) is 1.20. The third-order valence-corrected chi connectivity index (χ3v) is 7.46. The van der Waals surface area contributed by atoms with Gasteiger partial charge in [0, 0.05) is 5.56 Å². The average Bonchev–Trinajstić information content (AvgIpc) is 2.37. The molecule has 1 aromatic rings. The molecule has 10 heteroatoms. The van der Waals surface area contributed by atoms with Crippen LogP contribution in [0, 0.1) is 0 Å². The number of hydrogen-bond acceptors (Lipinski definition) is 5. The first-order chi connectivity index (χ1) is 9.20. The van der Waals surface area contributed by atoms with Gasteiger partial charge >= 0.3 is 0 Å². The number of alkyl halides is 3. The number of aliphatic hydroxyl groups excluding tert-OH is 1. The number of halogens is 3. The standard InChI is InChI=1S/C10H10Br3NO5S/c11-10(12,13)20(17,18)8-3-1-2-7(4-8)9(16)14-5-19-6-15/h1-4,15H,5-6H2,(H,14,16). The lowest BCUT2D eigenvalue weighted by atomic mass is 10.2. The molecule has 2 N–H and O–H groups in total. The molecule has 0 saturated heterocycles. The molecule has 0 fully saturated rings. The van der Waals surface area contributed by atoms with Crippen molar-refractivity contribution in [2.24, 2.45) is 0 Å². The molecule has 0 bridgehead atoms. The Morgan fingerprint density at radius 1 is 1.35 bits per heavy atom. The largest absolute Gasteiger partial charge is 0.371 e. The van der Waals surface area contributed by atoms with Crippen LogP contribution < -0.4 is 5.32 Å². The Morgan fingerprint density at radius 2 is 2.00 bits per heavy atom. The molecule has 0 radical (unpaired) electrons. The Kier molecular flexibility index (Phi) is 6.61. The molecule has 0 aliphatic rings. The normalized spacial score (nSPS) is 12.2. The van der Waals surface area contributed by atoms with Crippen molar-refractivity contribution in [3.8, 4) is 0 Å². The van der Waals surface area contributed by atoms with Crippen LogP contribution in [-0.4, -0.2) is 34.4 Å². The van der Waals surface area contributed by atoms with E-state index in [0.717, 1.165) is 0 Å². The molecule has 0 atom stereocenters. The number of benzene rings is 1. The van der Waals surface area contributed by atoms with Crippen molar-refractivity contribution in [3.63, 3.8) is 0 Å². The van der Waals surface area contributed by atoms with Gasteiger partial charge in [-0.2, -0.15) is 0 Å². The molecule has 1 amide bonds. The van der Waals surface area contributed by atoms with Crippen molar-refractivity contribution in [2.45, 2.75) is 6.37 Å². The summed E-state index contributed by atoms with van der Waals surface area (Å²) in [6.45, 7) is -0.695. The SMILES string of the molecule is O=C(NCOCO)c1cccc(S(=O)(=O)C(Br)(Br)Br)c1. The molecule has 0 unspecified atom stereocenters. The van der Waals surface area contributed by atoms with Crippen LogP contribution in [0.2, 0.25) is 0 Å². The number of nitrogens with one attached hydrogen (secondary N) is 1. The summed E-state index contributed by atoms with van der Waals surface area (Å²) < 4.78 is 27.4. The van der Waals surface area contributed by atoms with Crippen LogP contribution in [0.25, 0.3) is 0 Å². The second kappa shape index (κ2) is 7.32. The predicted molar refractivity (Wildman–Crippen MR) is 83.6 cm³/mol. The number of sulfone groups is 1. The molecule has 0 aromatic heterocycles.